The highest BCUT2D eigenvalue weighted by molar-refractivity contribution is 5.79. The fraction of sp³-hybridized carbons (Fsp3) is 0.273. The van der Waals surface area contributed by atoms with Crippen LogP contribution >= 0.6 is 0 Å². The van der Waals surface area contributed by atoms with Gasteiger partial charge in [0.05, 0.1) is 17.3 Å². The Kier molecular flexibility index (Phi) is 5.72. The van der Waals surface area contributed by atoms with Gasteiger partial charge in [-0.1, -0.05) is 55.5 Å². The minimum atomic E-state index is -0.336. The average Bonchev–Trinajstić information content (AvgIpc) is 3.03. The van der Waals surface area contributed by atoms with Gasteiger partial charge in [-0.05, 0) is 37.1 Å². The molecule has 0 saturated heterocycles. The monoisotopic (exact) mass is 362 g/mol. The average molecular weight is 362 g/mol. The van der Waals surface area contributed by atoms with Gasteiger partial charge in [-0.3, -0.25) is 4.79 Å². The first-order valence-corrected chi connectivity index (χ1v) is 9.17. The van der Waals surface area contributed by atoms with Crippen molar-refractivity contribution in [1.29, 1.82) is 0 Å². The van der Waals surface area contributed by atoms with Crippen LogP contribution in [0, 0.1) is 19.8 Å². The van der Waals surface area contributed by atoms with E-state index in [1.807, 2.05) is 86.1 Å². The Balaban J connectivity index is 1.72. The Morgan fingerprint density at radius 2 is 1.78 bits per heavy atom. The van der Waals surface area contributed by atoms with Gasteiger partial charge in [0.1, 0.15) is 0 Å². The summed E-state index contributed by atoms with van der Waals surface area (Å²) in [5, 5.41) is 7.58. The van der Waals surface area contributed by atoms with Crippen LogP contribution in [-0.2, 0) is 11.3 Å². The largest absolute Gasteiger partial charge is 0.352 e. The van der Waals surface area contributed by atoms with Crippen LogP contribution in [0.5, 0.6) is 0 Å². The Bertz CT molecular complexity index is 917. The van der Waals surface area contributed by atoms with Crippen LogP contribution in [0.15, 0.2) is 60.7 Å². The predicted molar refractivity (Wildman–Crippen MR) is 107 cm³/mol. The molecular formula is C22H26N4O. The summed E-state index contributed by atoms with van der Waals surface area (Å²) in [5.74, 6) is -0.386. The second-order valence-corrected chi connectivity index (χ2v) is 6.91. The molecule has 0 aliphatic carbocycles. The van der Waals surface area contributed by atoms with E-state index in [0.717, 1.165) is 28.2 Å². The Morgan fingerprint density at radius 3 is 2.44 bits per heavy atom. The normalized spacial score (nSPS) is 13.2. The summed E-state index contributed by atoms with van der Waals surface area (Å²) in [4.78, 5) is 12.6. The van der Waals surface area contributed by atoms with Crippen LogP contribution in [0.2, 0.25) is 0 Å². The van der Waals surface area contributed by atoms with Crippen LogP contribution in [0.1, 0.15) is 35.5 Å². The molecule has 2 atom stereocenters. The van der Waals surface area contributed by atoms with E-state index in [0.29, 0.717) is 6.54 Å². The van der Waals surface area contributed by atoms with E-state index in [-0.39, 0.29) is 17.9 Å². The number of benzene rings is 2. The van der Waals surface area contributed by atoms with Crippen molar-refractivity contribution in [2.45, 2.75) is 33.4 Å². The summed E-state index contributed by atoms with van der Waals surface area (Å²) >= 11 is 0. The number of aryl methyl sites for hydroxylation is 2. The van der Waals surface area contributed by atoms with Crippen molar-refractivity contribution in [3.63, 3.8) is 0 Å². The zero-order valence-electron chi connectivity index (χ0n) is 16.0. The molecule has 3 aromatic rings. The zero-order valence-corrected chi connectivity index (χ0v) is 16.0. The molecule has 1 aromatic heterocycles. The van der Waals surface area contributed by atoms with Crippen LogP contribution in [0.4, 0.5) is 0 Å². The molecule has 140 valence electrons. The van der Waals surface area contributed by atoms with Crippen molar-refractivity contribution in [3.05, 3.63) is 83.2 Å². The molecule has 3 N–H and O–H groups in total. The second kappa shape index (κ2) is 8.18. The van der Waals surface area contributed by atoms with E-state index in [1.165, 1.54) is 0 Å². The van der Waals surface area contributed by atoms with Crippen molar-refractivity contribution in [2.24, 2.45) is 11.7 Å². The SMILES string of the molecule is Cc1cc(C)n(-c2ccccc2CNC(=O)C(C)C(N)c2ccccc2)n1. The van der Waals surface area contributed by atoms with Gasteiger partial charge in [0, 0.05) is 18.3 Å². The summed E-state index contributed by atoms with van der Waals surface area (Å²) in [6.07, 6.45) is 0. The number of hydrogen-bond acceptors (Lipinski definition) is 3. The molecule has 0 radical (unpaired) electrons. The highest BCUT2D eigenvalue weighted by Gasteiger charge is 2.22. The van der Waals surface area contributed by atoms with Crippen molar-refractivity contribution >= 4 is 5.91 Å². The number of amides is 1. The molecule has 1 heterocycles. The fourth-order valence-corrected chi connectivity index (χ4v) is 3.21. The number of nitrogens with zero attached hydrogens (tertiary/aromatic N) is 2. The van der Waals surface area contributed by atoms with E-state index in [2.05, 4.69) is 10.4 Å². The van der Waals surface area contributed by atoms with E-state index in [4.69, 9.17) is 5.73 Å². The van der Waals surface area contributed by atoms with Gasteiger partial charge in [0.25, 0.3) is 0 Å². The minimum Gasteiger partial charge on any atom is -0.352 e. The number of nitrogens with one attached hydrogen (secondary N) is 1. The molecule has 27 heavy (non-hydrogen) atoms. The van der Waals surface area contributed by atoms with Crippen LogP contribution < -0.4 is 11.1 Å². The van der Waals surface area contributed by atoms with E-state index in [1.54, 1.807) is 0 Å². The third kappa shape index (κ3) is 4.26. The van der Waals surface area contributed by atoms with Crippen LogP contribution in [0.3, 0.4) is 0 Å². The number of carbonyl (C=O) groups excluding carboxylic acids is 1. The summed E-state index contributed by atoms with van der Waals surface area (Å²) in [5.41, 5.74) is 11.3. The lowest BCUT2D eigenvalue weighted by atomic mass is 9.94. The standard InChI is InChI=1S/C22H26N4O/c1-15-13-16(2)26(25-15)20-12-8-7-11-19(20)14-24-22(27)17(3)21(23)18-9-5-4-6-10-18/h4-13,17,21H,14,23H2,1-3H3,(H,24,27). The molecule has 0 bridgehead atoms. The molecule has 2 aromatic carbocycles. The highest BCUT2D eigenvalue weighted by atomic mass is 16.1. The molecule has 3 rings (SSSR count). The maximum Gasteiger partial charge on any atom is 0.225 e. The lowest BCUT2D eigenvalue weighted by Gasteiger charge is -2.20. The molecular weight excluding hydrogens is 336 g/mol. The molecule has 5 heteroatoms. The van der Waals surface area contributed by atoms with Gasteiger partial charge in [-0.2, -0.15) is 5.10 Å². The lowest BCUT2D eigenvalue weighted by molar-refractivity contribution is -0.125. The fourth-order valence-electron chi connectivity index (χ4n) is 3.21. The zero-order chi connectivity index (χ0) is 19.4. The van der Waals surface area contributed by atoms with Crippen molar-refractivity contribution in [1.82, 2.24) is 15.1 Å². The van der Waals surface area contributed by atoms with Crippen molar-refractivity contribution in [3.8, 4) is 5.69 Å². The first-order valence-electron chi connectivity index (χ1n) is 9.17. The first-order chi connectivity index (χ1) is 13.0. The Hall–Kier alpha value is -2.92. The summed E-state index contributed by atoms with van der Waals surface area (Å²) in [6, 6.07) is 19.4. The topological polar surface area (TPSA) is 72.9 Å². The predicted octanol–water partition coefficient (Wildman–Crippen LogP) is 3.44. The maximum absolute atomic E-state index is 12.6. The van der Waals surface area contributed by atoms with E-state index < -0.39 is 0 Å². The minimum absolute atomic E-state index is 0.0606. The third-order valence-electron chi connectivity index (χ3n) is 4.82. The number of para-hydroxylation sites is 1. The molecule has 5 nitrogen and oxygen atoms in total. The van der Waals surface area contributed by atoms with Crippen molar-refractivity contribution in [2.75, 3.05) is 0 Å². The smallest absolute Gasteiger partial charge is 0.225 e. The maximum atomic E-state index is 12.6. The summed E-state index contributed by atoms with van der Waals surface area (Å²) in [7, 11) is 0. The molecule has 0 aliphatic rings. The molecule has 2 unspecified atom stereocenters. The van der Waals surface area contributed by atoms with Gasteiger partial charge >= 0.3 is 0 Å². The number of aromatic nitrogens is 2. The third-order valence-corrected chi connectivity index (χ3v) is 4.82. The number of rotatable bonds is 6. The summed E-state index contributed by atoms with van der Waals surface area (Å²) in [6.45, 7) is 6.29. The number of hydrogen-bond donors (Lipinski definition) is 2. The van der Waals surface area contributed by atoms with Gasteiger partial charge < -0.3 is 11.1 Å². The van der Waals surface area contributed by atoms with Gasteiger partial charge in [-0.15, -0.1) is 0 Å². The first kappa shape index (κ1) is 18.9. The molecule has 0 aliphatic heterocycles. The van der Waals surface area contributed by atoms with E-state index in [9.17, 15) is 4.79 Å². The van der Waals surface area contributed by atoms with Crippen molar-refractivity contribution < 1.29 is 4.79 Å². The molecule has 1 amide bonds. The second-order valence-electron chi connectivity index (χ2n) is 6.91. The molecule has 0 fully saturated rings. The molecule has 0 saturated carbocycles. The number of carbonyl (C=O) groups is 1. The quantitative estimate of drug-likeness (QED) is 0.705. The lowest BCUT2D eigenvalue weighted by Crippen LogP contribution is -2.35. The van der Waals surface area contributed by atoms with Gasteiger partial charge in [0.15, 0.2) is 0 Å². The van der Waals surface area contributed by atoms with E-state index >= 15 is 0 Å². The Labute approximate surface area is 160 Å². The highest BCUT2D eigenvalue weighted by Crippen LogP contribution is 2.20. The van der Waals surface area contributed by atoms with Crippen LogP contribution in [-0.4, -0.2) is 15.7 Å². The number of nitrogens with two attached hydrogens (primary N) is 1. The summed E-state index contributed by atoms with van der Waals surface area (Å²) < 4.78 is 1.91. The molecule has 0 spiro atoms. The van der Waals surface area contributed by atoms with Gasteiger partial charge in [0.2, 0.25) is 5.91 Å². The Morgan fingerprint density at radius 1 is 1.11 bits per heavy atom. The van der Waals surface area contributed by atoms with Crippen LogP contribution in [0.25, 0.3) is 5.69 Å². The van der Waals surface area contributed by atoms with Gasteiger partial charge in [-0.25, -0.2) is 4.68 Å².